The summed E-state index contributed by atoms with van der Waals surface area (Å²) in [5.41, 5.74) is 1.66. The van der Waals surface area contributed by atoms with Gasteiger partial charge in [-0.15, -0.1) is 11.3 Å². The van der Waals surface area contributed by atoms with E-state index in [1.807, 2.05) is 25.1 Å². The second kappa shape index (κ2) is 6.31. The molecule has 0 amide bonds. The van der Waals surface area contributed by atoms with Crippen molar-refractivity contribution in [2.24, 2.45) is 0 Å². The molecule has 0 radical (unpaired) electrons. The number of nitrogens with zero attached hydrogens (tertiary/aromatic N) is 1. The van der Waals surface area contributed by atoms with Gasteiger partial charge in [0.05, 0.1) is 11.1 Å². The van der Waals surface area contributed by atoms with E-state index in [2.05, 4.69) is 9.71 Å². The van der Waals surface area contributed by atoms with Crippen molar-refractivity contribution in [3.05, 3.63) is 54.0 Å². The van der Waals surface area contributed by atoms with E-state index in [0.29, 0.717) is 17.4 Å². The van der Waals surface area contributed by atoms with Gasteiger partial charge in [-0.3, -0.25) is 4.72 Å². The van der Waals surface area contributed by atoms with Crippen molar-refractivity contribution in [1.82, 2.24) is 4.98 Å². The molecule has 1 aliphatic rings. The molecule has 1 aromatic carbocycles. The largest absolute Gasteiger partial charge is 0.440 e. The van der Waals surface area contributed by atoms with Gasteiger partial charge in [0, 0.05) is 11.6 Å². The van der Waals surface area contributed by atoms with Gasteiger partial charge in [0.25, 0.3) is 10.0 Å². The minimum atomic E-state index is -3.62. The molecule has 0 unspecified atom stereocenters. The fourth-order valence-electron chi connectivity index (χ4n) is 2.58. The van der Waals surface area contributed by atoms with Crippen LogP contribution < -0.4 is 4.72 Å². The van der Waals surface area contributed by atoms with E-state index in [1.165, 1.54) is 11.3 Å². The Labute approximate surface area is 150 Å². The topological polar surface area (TPSA) is 72.2 Å². The van der Waals surface area contributed by atoms with Crippen molar-refractivity contribution in [3.8, 4) is 10.6 Å². The summed E-state index contributed by atoms with van der Waals surface area (Å²) in [5, 5.41) is 0. The molecule has 1 fully saturated rings. The van der Waals surface area contributed by atoms with Crippen molar-refractivity contribution < 1.29 is 12.8 Å². The maximum atomic E-state index is 12.6. The summed E-state index contributed by atoms with van der Waals surface area (Å²) >= 11 is 1.18. The zero-order valence-corrected chi connectivity index (χ0v) is 15.4. The highest BCUT2D eigenvalue weighted by atomic mass is 32.2. The standard InChI is InChI=1S/C18H18N2O3S2/c1-2-12-4-3-5-14(10-12)20-25(21,22)17-9-8-16(24-17)15-11-19-18(23-15)13-6-7-13/h3-5,8-11,13,20H,2,6-7H2,1H3. The fourth-order valence-corrected chi connectivity index (χ4v) is 4.88. The van der Waals surface area contributed by atoms with Gasteiger partial charge in [-0.25, -0.2) is 13.4 Å². The highest BCUT2D eigenvalue weighted by Gasteiger charge is 2.29. The Kier molecular flexibility index (Phi) is 4.13. The monoisotopic (exact) mass is 374 g/mol. The Morgan fingerprint density at radius 3 is 2.88 bits per heavy atom. The van der Waals surface area contributed by atoms with Crippen LogP contribution in [0.25, 0.3) is 10.6 Å². The first-order chi connectivity index (χ1) is 12.0. The van der Waals surface area contributed by atoms with Gasteiger partial charge < -0.3 is 4.42 Å². The summed E-state index contributed by atoms with van der Waals surface area (Å²) < 4.78 is 33.9. The van der Waals surface area contributed by atoms with Crippen LogP contribution in [0.1, 0.15) is 37.1 Å². The number of hydrogen-bond donors (Lipinski definition) is 1. The minimum absolute atomic E-state index is 0.258. The number of anilines is 1. The zero-order valence-electron chi connectivity index (χ0n) is 13.7. The Balaban J connectivity index is 1.56. The summed E-state index contributed by atoms with van der Waals surface area (Å²) in [4.78, 5) is 5.05. The second-order valence-corrected chi connectivity index (χ2v) is 9.11. The van der Waals surface area contributed by atoms with Crippen molar-refractivity contribution >= 4 is 27.0 Å². The zero-order chi connectivity index (χ0) is 17.4. The SMILES string of the molecule is CCc1cccc(NS(=O)(=O)c2ccc(-c3cnc(C4CC4)o3)s2)c1. The van der Waals surface area contributed by atoms with Crippen LogP contribution in [0.15, 0.2) is 51.2 Å². The number of aryl methyl sites for hydroxylation is 1. The smallest absolute Gasteiger partial charge is 0.271 e. The molecule has 1 aliphatic carbocycles. The molecule has 0 bridgehead atoms. The van der Waals surface area contributed by atoms with Crippen LogP contribution in [0, 0.1) is 0 Å². The van der Waals surface area contributed by atoms with Gasteiger partial charge in [-0.2, -0.15) is 0 Å². The van der Waals surface area contributed by atoms with E-state index in [1.54, 1.807) is 24.4 Å². The van der Waals surface area contributed by atoms with E-state index >= 15 is 0 Å². The second-order valence-electron chi connectivity index (χ2n) is 6.12. The number of sulfonamides is 1. The maximum absolute atomic E-state index is 12.6. The van der Waals surface area contributed by atoms with Crippen LogP contribution in [0.3, 0.4) is 0 Å². The van der Waals surface area contributed by atoms with Crippen LogP contribution in [-0.2, 0) is 16.4 Å². The first-order valence-corrected chi connectivity index (χ1v) is 10.5. The molecule has 130 valence electrons. The van der Waals surface area contributed by atoms with Crippen LogP contribution in [0.2, 0.25) is 0 Å². The number of rotatable bonds is 6. The number of thiophene rings is 1. The summed E-state index contributed by atoms with van der Waals surface area (Å²) in [7, 11) is -3.62. The molecule has 0 aliphatic heterocycles. The molecule has 1 N–H and O–H groups in total. The number of nitrogens with one attached hydrogen (secondary N) is 1. The Morgan fingerprint density at radius 2 is 2.12 bits per heavy atom. The molecule has 0 spiro atoms. The Morgan fingerprint density at radius 1 is 1.28 bits per heavy atom. The van der Waals surface area contributed by atoms with Crippen molar-refractivity contribution in [2.75, 3.05) is 4.72 Å². The molecular weight excluding hydrogens is 356 g/mol. The van der Waals surface area contributed by atoms with Gasteiger partial charge >= 0.3 is 0 Å². The van der Waals surface area contributed by atoms with Crippen molar-refractivity contribution in [1.29, 1.82) is 0 Å². The van der Waals surface area contributed by atoms with Gasteiger partial charge in [0.15, 0.2) is 11.7 Å². The first-order valence-electron chi connectivity index (χ1n) is 8.23. The molecule has 2 aromatic heterocycles. The predicted molar refractivity (Wildman–Crippen MR) is 98.4 cm³/mol. The number of benzene rings is 1. The highest BCUT2D eigenvalue weighted by molar-refractivity contribution is 7.94. The molecule has 0 saturated heterocycles. The third-order valence-electron chi connectivity index (χ3n) is 4.13. The number of oxazole rings is 1. The van der Waals surface area contributed by atoms with Crippen molar-refractivity contribution in [3.63, 3.8) is 0 Å². The average Bonchev–Trinajstić information content (AvgIpc) is 3.12. The highest BCUT2D eigenvalue weighted by Crippen LogP contribution is 2.41. The minimum Gasteiger partial charge on any atom is -0.440 e. The van der Waals surface area contributed by atoms with E-state index in [9.17, 15) is 8.42 Å². The molecule has 5 nitrogen and oxygen atoms in total. The lowest BCUT2D eigenvalue weighted by Crippen LogP contribution is -2.11. The van der Waals surface area contributed by atoms with Crippen molar-refractivity contribution in [2.45, 2.75) is 36.3 Å². The summed E-state index contributed by atoms with van der Waals surface area (Å²) in [6, 6.07) is 10.8. The van der Waals surface area contributed by atoms with E-state index in [4.69, 9.17) is 4.42 Å². The lowest BCUT2D eigenvalue weighted by molar-refractivity contribution is 0.510. The van der Waals surface area contributed by atoms with Crippen LogP contribution in [-0.4, -0.2) is 13.4 Å². The van der Waals surface area contributed by atoms with Crippen LogP contribution in [0.5, 0.6) is 0 Å². The quantitative estimate of drug-likeness (QED) is 0.682. The third kappa shape index (κ3) is 3.48. The molecule has 25 heavy (non-hydrogen) atoms. The van der Waals surface area contributed by atoms with Gasteiger partial charge in [0.1, 0.15) is 4.21 Å². The molecule has 4 rings (SSSR count). The third-order valence-corrected chi connectivity index (χ3v) is 7.10. The summed E-state index contributed by atoms with van der Waals surface area (Å²) in [6.45, 7) is 2.03. The molecular formula is C18H18N2O3S2. The van der Waals surface area contributed by atoms with E-state index in [0.717, 1.165) is 35.6 Å². The lowest BCUT2D eigenvalue weighted by atomic mass is 10.1. The van der Waals surface area contributed by atoms with E-state index < -0.39 is 10.0 Å². The molecule has 2 heterocycles. The predicted octanol–water partition coefficient (Wildman–Crippen LogP) is 4.64. The molecule has 0 atom stereocenters. The van der Waals surface area contributed by atoms with Gasteiger partial charge in [0.2, 0.25) is 0 Å². The lowest BCUT2D eigenvalue weighted by Gasteiger charge is -2.07. The normalized spacial score (nSPS) is 14.6. The van der Waals surface area contributed by atoms with Gasteiger partial charge in [-0.05, 0) is 49.1 Å². The average molecular weight is 374 g/mol. The molecule has 1 saturated carbocycles. The molecule has 3 aromatic rings. The molecule has 7 heteroatoms. The number of aromatic nitrogens is 1. The van der Waals surface area contributed by atoms with Gasteiger partial charge in [-0.1, -0.05) is 19.1 Å². The summed E-state index contributed by atoms with van der Waals surface area (Å²) in [5.74, 6) is 1.81. The fraction of sp³-hybridized carbons (Fsp3) is 0.278. The first kappa shape index (κ1) is 16.4. The summed E-state index contributed by atoms with van der Waals surface area (Å²) in [6.07, 6.45) is 4.76. The Bertz CT molecular complexity index is 1000. The van der Waals surface area contributed by atoms with Crippen LogP contribution >= 0.6 is 11.3 Å². The Hall–Kier alpha value is -2.12. The van der Waals surface area contributed by atoms with Crippen LogP contribution in [0.4, 0.5) is 5.69 Å². The number of hydrogen-bond acceptors (Lipinski definition) is 5. The maximum Gasteiger partial charge on any atom is 0.271 e. The van der Waals surface area contributed by atoms with E-state index in [-0.39, 0.29) is 4.21 Å².